The molecular formula is C15H31N. The van der Waals surface area contributed by atoms with Gasteiger partial charge in [0, 0.05) is 6.54 Å². The van der Waals surface area contributed by atoms with Gasteiger partial charge in [-0.2, -0.15) is 0 Å². The lowest BCUT2D eigenvalue weighted by molar-refractivity contribution is 0.275. The van der Waals surface area contributed by atoms with E-state index >= 15 is 0 Å². The van der Waals surface area contributed by atoms with E-state index in [0.717, 1.165) is 18.9 Å². The van der Waals surface area contributed by atoms with Crippen molar-refractivity contribution in [2.75, 3.05) is 19.6 Å². The first-order valence-electron chi connectivity index (χ1n) is 6.70. The standard InChI is InChI=1S/C13H25N.C2H6/c1-5-7-8-9-11-14(6-2)12-10-13(3)4;1-2/h5,7-8,13H,1,6,9-12H2,2-4H3;1-2H3/b8-7-;. The molecule has 0 fully saturated rings. The van der Waals surface area contributed by atoms with Crippen molar-refractivity contribution < 1.29 is 0 Å². The minimum atomic E-state index is 0.813. The van der Waals surface area contributed by atoms with E-state index in [-0.39, 0.29) is 0 Å². The molecule has 16 heavy (non-hydrogen) atoms. The third kappa shape index (κ3) is 13.4. The third-order valence-corrected chi connectivity index (χ3v) is 2.35. The van der Waals surface area contributed by atoms with Gasteiger partial charge in [0.05, 0.1) is 0 Å². The zero-order valence-electron chi connectivity index (χ0n) is 12.0. The predicted octanol–water partition coefficient (Wildman–Crippen LogP) is 4.51. The maximum atomic E-state index is 3.66. The van der Waals surface area contributed by atoms with E-state index < -0.39 is 0 Å². The highest BCUT2D eigenvalue weighted by atomic mass is 15.1. The van der Waals surface area contributed by atoms with Gasteiger partial charge in [0.25, 0.3) is 0 Å². The van der Waals surface area contributed by atoms with Gasteiger partial charge in [-0.1, -0.05) is 59.4 Å². The van der Waals surface area contributed by atoms with Gasteiger partial charge in [-0.25, -0.2) is 0 Å². The fraction of sp³-hybridized carbons (Fsp3) is 0.733. The molecular weight excluding hydrogens is 194 g/mol. The first kappa shape index (κ1) is 17.8. The van der Waals surface area contributed by atoms with Gasteiger partial charge in [0.15, 0.2) is 0 Å². The molecule has 0 atom stereocenters. The zero-order valence-corrected chi connectivity index (χ0v) is 12.0. The van der Waals surface area contributed by atoms with Crippen LogP contribution >= 0.6 is 0 Å². The summed E-state index contributed by atoms with van der Waals surface area (Å²) in [6, 6.07) is 0. The van der Waals surface area contributed by atoms with Crippen LogP contribution in [0.3, 0.4) is 0 Å². The number of hydrogen-bond donors (Lipinski definition) is 0. The lowest BCUT2D eigenvalue weighted by Gasteiger charge is -2.20. The van der Waals surface area contributed by atoms with Crippen LogP contribution in [0.25, 0.3) is 0 Å². The Bertz CT molecular complexity index is 159. The van der Waals surface area contributed by atoms with Gasteiger partial charge in [0.2, 0.25) is 0 Å². The predicted molar refractivity (Wildman–Crippen MR) is 76.9 cm³/mol. The van der Waals surface area contributed by atoms with E-state index in [2.05, 4.69) is 38.3 Å². The van der Waals surface area contributed by atoms with Crippen LogP contribution in [0.5, 0.6) is 0 Å². The highest BCUT2D eigenvalue weighted by Gasteiger charge is 2.01. The Hall–Kier alpha value is -0.560. The fourth-order valence-electron chi connectivity index (χ4n) is 1.32. The number of allylic oxidation sites excluding steroid dienone is 2. The SMILES string of the molecule is C=C/C=C\CCN(CC)CCC(C)C.CC. The Morgan fingerprint density at radius 2 is 1.81 bits per heavy atom. The van der Waals surface area contributed by atoms with Crippen LogP contribution < -0.4 is 0 Å². The van der Waals surface area contributed by atoms with Gasteiger partial charge in [-0.05, 0) is 31.8 Å². The third-order valence-electron chi connectivity index (χ3n) is 2.35. The molecule has 0 saturated carbocycles. The number of rotatable bonds is 8. The van der Waals surface area contributed by atoms with E-state index in [9.17, 15) is 0 Å². The largest absolute Gasteiger partial charge is 0.303 e. The molecule has 0 aliphatic carbocycles. The second-order valence-electron chi connectivity index (χ2n) is 4.07. The van der Waals surface area contributed by atoms with Crippen molar-refractivity contribution in [1.82, 2.24) is 4.90 Å². The van der Waals surface area contributed by atoms with E-state index in [0.29, 0.717) is 0 Å². The minimum Gasteiger partial charge on any atom is -0.303 e. The van der Waals surface area contributed by atoms with Crippen LogP contribution in [0.4, 0.5) is 0 Å². The molecule has 0 heterocycles. The lowest BCUT2D eigenvalue weighted by Crippen LogP contribution is -2.26. The van der Waals surface area contributed by atoms with Crippen LogP contribution in [-0.4, -0.2) is 24.5 Å². The highest BCUT2D eigenvalue weighted by Crippen LogP contribution is 2.02. The second-order valence-corrected chi connectivity index (χ2v) is 4.07. The lowest BCUT2D eigenvalue weighted by atomic mass is 10.1. The normalized spacial score (nSPS) is 10.7. The molecule has 0 rings (SSSR count). The maximum absolute atomic E-state index is 3.66. The number of hydrogen-bond acceptors (Lipinski definition) is 1. The average molecular weight is 225 g/mol. The Balaban J connectivity index is 0. The monoisotopic (exact) mass is 225 g/mol. The quantitative estimate of drug-likeness (QED) is 0.549. The molecule has 0 aromatic heterocycles. The smallest absolute Gasteiger partial charge is 0.00159 e. The molecule has 0 bridgehead atoms. The Morgan fingerprint density at radius 3 is 2.25 bits per heavy atom. The first-order chi connectivity index (χ1) is 7.70. The number of nitrogens with zero attached hydrogens (tertiary/aromatic N) is 1. The molecule has 0 aliphatic rings. The molecule has 1 nitrogen and oxygen atoms in total. The van der Waals surface area contributed by atoms with E-state index in [1.54, 1.807) is 0 Å². The molecule has 0 spiro atoms. The minimum absolute atomic E-state index is 0.813. The van der Waals surface area contributed by atoms with E-state index in [4.69, 9.17) is 0 Å². The summed E-state index contributed by atoms with van der Waals surface area (Å²) in [4.78, 5) is 2.51. The maximum Gasteiger partial charge on any atom is 0.00159 e. The molecule has 96 valence electrons. The van der Waals surface area contributed by atoms with Gasteiger partial charge in [-0.15, -0.1) is 0 Å². The van der Waals surface area contributed by atoms with E-state index in [1.807, 2.05) is 26.0 Å². The summed E-state index contributed by atoms with van der Waals surface area (Å²) in [6.07, 6.45) is 8.49. The molecule has 1 heteroatoms. The Kier molecular flexibility index (Phi) is 16.1. The van der Waals surface area contributed by atoms with E-state index in [1.165, 1.54) is 19.5 Å². The van der Waals surface area contributed by atoms with Crippen LogP contribution in [0.15, 0.2) is 24.8 Å². The summed E-state index contributed by atoms with van der Waals surface area (Å²) in [5, 5.41) is 0. The Morgan fingerprint density at radius 1 is 1.19 bits per heavy atom. The summed E-state index contributed by atoms with van der Waals surface area (Å²) >= 11 is 0. The summed E-state index contributed by atoms with van der Waals surface area (Å²) < 4.78 is 0. The molecule has 0 aromatic rings. The summed E-state index contributed by atoms with van der Waals surface area (Å²) in [5.74, 6) is 0.813. The zero-order chi connectivity index (χ0) is 12.8. The molecule has 0 N–H and O–H groups in total. The van der Waals surface area contributed by atoms with Crippen molar-refractivity contribution in [3.05, 3.63) is 24.8 Å². The van der Waals surface area contributed by atoms with Crippen molar-refractivity contribution in [3.63, 3.8) is 0 Å². The second kappa shape index (κ2) is 14.4. The highest BCUT2D eigenvalue weighted by molar-refractivity contribution is 4.97. The Labute approximate surface area is 103 Å². The van der Waals surface area contributed by atoms with Crippen LogP contribution in [0.2, 0.25) is 0 Å². The van der Waals surface area contributed by atoms with Crippen molar-refractivity contribution in [2.24, 2.45) is 5.92 Å². The molecule has 0 aromatic carbocycles. The van der Waals surface area contributed by atoms with Crippen molar-refractivity contribution >= 4 is 0 Å². The first-order valence-corrected chi connectivity index (χ1v) is 6.70. The van der Waals surface area contributed by atoms with Crippen molar-refractivity contribution in [3.8, 4) is 0 Å². The van der Waals surface area contributed by atoms with Crippen LogP contribution in [0.1, 0.15) is 47.5 Å². The molecule has 0 amide bonds. The molecule has 0 aliphatic heterocycles. The van der Waals surface area contributed by atoms with Crippen molar-refractivity contribution in [1.29, 1.82) is 0 Å². The van der Waals surface area contributed by atoms with Gasteiger partial charge in [0.1, 0.15) is 0 Å². The summed E-state index contributed by atoms with van der Waals surface area (Å²) in [7, 11) is 0. The summed E-state index contributed by atoms with van der Waals surface area (Å²) in [6.45, 7) is 18.0. The fourth-order valence-corrected chi connectivity index (χ4v) is 1.32. The van der Waals surface area contributed by atoms with Crippen molar-refractivity contribution in [2.45, 2.75) is 47.5 Å². The van der Waals surface area contributed by atoms with Gasteiger partial charge >= 0.3 is 0 Å². The average Bonchev–Trinajstić information content (AvgIpc) is 2.30. The molecule has 0 radical (unpaired) electrons. The topological polar surface area (TPSA) is 3.24 Å². The molecule has 0 unspecified atom stereocenters. The molecule has 0 saturated heterocycles. The summed E-state index contributed by atoms with van der Waals surface area (Å²) in [5.41, 5.74) is 0. The van der Waals surface area contributed by atoms with Crippen LogP contribution in [0, 0.1) is 5.92 Å². The van der Waals surface area contributed by atoms with Gasteiger partial charge in [-0.3, -0.25) is 0 Å². The van der Waals surface area contributed by atoms with Gasteiger partial charge < -0.3 is 4.90 Å². The van der Waals surface area contributed by atoms with Crippen LogP contribution in [-0.2, 0) is 0 Å².